The molecule has 0 N–H and O–H groups in total. The van der Waals surface area contributed by atoms with E-state index in [0.29, 0.717) is 5.15 Å². The van der Waals surface area contributed by atoms with Gasteiger partial charge in [-0.05, 0) is 30.4 Å². The molecule has 0 spiro atoms. The summed E-state index contributed by atoms with van der Waals surface area (Å²) in [5, 5.41) is 0.526. The molecule has 0 amide bonds. The summed E-state index contributed by atoms with van der Waals surface area (Å²) in [5.41, 5.74) is 4.14. The third kappa shape index (κ3) is 2.27. The van der Waals surface area contributed by atoms with Crippen LogP contribution in [0.4, 0.5) is 0 Å². The van der Waals surface area contributed by atoms with Crippen LogP contribution in [0.3, 0.4) is 0 Å². The Labute approximate surface area is 124 Å². The van der Waals surface area contributed by atoms with Crippen molar-refractivity contribution in [2.24, 2.45) is 0 Å². The Morgan fingerprint density at radius 3 is 2.90 bits per heavy atom. The maximum absolute atomic E-state index is 6.27. The van der Waals surface area contributed by atoms with Gasteiger partial charge >= 0.3 is 0 Å². The fourth-order valence-electron chi connectivity index (χ4n) is 2.68. The smallest absolute Gasteiger partial charge is 0.136 e. The monoisotopic (exact) mass is 288 g/mol. The molecule has 2 aromatic rings. The lowest BCUT2D eigenvalue weighted by Gasteiger charge is -2.21. The van der Waals surface area contributed by atoms with Crippen LogP contribution in [0.5, 0.6) is 5.75 Å². The summed E-state index contributed by atoms with van der Waals surface area (Å²) < 4.78 is 5.88. The third-order valence-corrected chi connectivity index (χ3v) is 3.90. The average Bonchev–Trinajstić information content (AvgIpc) is 2.46. The van der Waals surface area contributed by atoms with Crippen LogP contribution >= 0.6 is 11.6 Å². The first-order chi connectivity index (χ1) is 9.68. The van der Waals surface area contributed by atoms with Gasteiger partial charge in [-0.15, -0.1) is 0 Å². The number of benzene rings is 1. The predicted molar refractivity (Wildman–Crippen MR) is 80.4 cm³/mol. The number of hydrogen-bond donors (Lipinski definition) is 0. The molecule has 1 aromatic heterocycles. The molecule has 2 heterocycles. The lowest BCUT2D eigenvalue weighted by Crippen LogP contribution is -2.10. The van der Waals surface area contributed by atoms with Gasteiger partial charge in [0.1, 0.15) is 17.2 Å². The van der Waals surface area contributed by atoms with E-state index < -0.39 is 0 Å². The maximum Gasteiger partial charge on any atom is 0.136 e. The van der Waals surface area contributed by atoms with Gasteiger partial charge in [0.05, 0.1) is 12.3 Å². The number of rotatable bonds is 2. The summed E-state index contributed by atoms with van der Waals surface area (Å²) in [6.45, 7) is 4.97. The molecule has 3 nitrogen and oxygen atoms in total. The van der Waals surface area contributed by atoms with Crippen LogP contribution in [0.25, 0.3) is 11.3 Å². The molecule has 1 aliphatic heterocycles. The lowest BCUT2D eigenvalue weighted by molar-refractivity contribution is 0.289. The second kappa shape index (κ2) is 5.41. The van der Waals surface area contributed by atoms with Crippen molar-refractivity contribution in [2.75, 3.05) is 6.61 Å². The van der Waals surface area contributed by atoms with Crippen molar-refractivity contribution in [3.63, 3.8) is 0 Å². The van der Waals surface area contributed by atoms with Gasteiger partial charge in [0.25, 0.3) is 0 Å². The Morgan fingerprint density at radius 1 is 1.25 bits per heavy atom. The maximum atomic E-state index is 6.27. The van der Waals surface area contributed by atoms with Crippen molar-refractivity contribution < 1.29 is 4.74 Å². The largest absolute Gasteiger partial charge is 0.493 e. The standard InChI is InChI=1S/C16H17ClN2O/c1-10(2)13-14(18-9-19-16(13)17)12-7-3-5-11-6-4-8-20-15(11)12/h3,5,7,9-10H,4,6,8H2,1-2H3. The Morgan fingerprint density at radius 2 is 2.10 bits per heavy atom. The van der Waals surface area contributed by atoms with Crippen molar-refractivity contribution in [3.8, 4) is 17.0 Å². The van der Waals surface area contributed by atoms with Gasteiger partial charge in [-0.1, -0.05) is 37.6 Å². The quantitative estimate of drug-likeness (QED) is 0.775. The Kier molecular flexibility index (Phi) is 3.62. The highest BCUT2D eigenvalue weighted by molar-refractivity contribution is 6.30. The Bertz CT molecular complexity index is 640. The summed E-state index contributed by atoms with van der Waals surface area (Å²) in [6.07, 6.45) is 3.64. The van der Waals surface area contributed by atoms with E-state index >= 15 is 0 Å². The molecule has 0 unspecified atom stereocenters. The fourth-order valence-corrected chi connectivity index (χ4v) is 3.03. The van der Waals surface area contributed by atoms with E-state index in [1.54, 1.807) is 0 Å². The van der Waals surface area contributed by atoms with E-state index in [0.717, 1.165) is 42.0 Å². The summed E-state index contributed by atoms with van der Waals surface area (Å²) in [4.78, 5) is 8.58. The van der Waals surface area contributed by atoms with Crippen LogP contribution in [0.2, 0.25) is 5.15 Å². The second-order valence-electron chi connectivity index (χ2n) is 5.33. The number of para-hydroxylation sites is 1. The Hall–Kier alpha value is -1.61. The molecule has 0 radical (unpaired) electrons. The fraction of sp³-hybridized carbons (Fsp3) is 0.375. The number of aryl methyl sites for hydroxylation is 1. The van der Waals surface area contributed by atoms with Crippen LogP contribution in [-0.2, 0) is 6.42 Å². The average molecular weight is 289 g/mol. The lowest BCUT2D eigenvalue weighted by atomic mass is 9.95. The number of fused-ring (bicyclic) bond motifs is 1. The zero-order chi connectivity index (χ0) is 14.1. The molecule has 0 bridgehead atoms. The highest BCUT2D eigenvalue weighted by atomic mass is 35.5. The van der Waals surface area contributed by atoms with Crippen molar-refractivity contribution in [1.82, 2.24) is 9.97 Å². The van der Waals surface area contributed by atoms with E-state index in [1.807, 2.05) is 0 Å². The molecule has 3 rings (SSSR count). The molecule has 0 atom stereocenters. The van der Waals surface area contributed by atoms with Gasteiger partial charge in [0.2, 0.25) is 0 Å². The molecular formula is C16H17ClN2O. The second-order valence-corrected chi connectivity index (χ2v) is 5.69. The first-order valence-corrected chi connectivity index (χ1v) is 7.31. The molecule has 0 fully saturated rings. The van der Waals surface area contributed by atoms with Gasteiger partial charge in [0, 0.05) is 11.1 Å². The molecular weight excluding hydrogens is 272 g/mol. The molecule has 0 saturated heterocycles. The minimum absolute atomic E-state index is 0.262. The van der Waals surface area contributed by atoms with Crippen LogP contribution in [0, 0.1) is 0 Å². The number of halogens is 1. The summed E-state index contributed by atoms with van der Waals surface area (Å²) in [6, 6.07) is 6.23. The first-order valence-electron chi connectivity index (χ1n) is 6.94. The molecule has 0 aliphatic carbocycles. The number of nitrogens with zero attached hydrogens (tertiary/aromatic N) is 2. The molecule has 20 heavy (non-hydrogen) atoms. The van der Waals surface area contributed by atoms with Crippen LogP contribution in [0.1, 0.15) is 37.3 Å². The molecule has 1 aromatic carbocycles. The van der Waals surface area contributed by atoms with Crippen LogP contribution in [-0.4, -0.2) is 16.6 Å². The van der Waals surface area contributed by atoms with Gasteiger partial charge < -0.3 is 4.74 Å². The number of aromatic nitrogens is 2. The summed E-state index contributed by atoms with van der Waals surface area (Å²) in [5.74, 6) is 1.22. The summed E-state index contributed by atoms with van der Waals surface area (Å²) >= 11 is 6.27. The van der Waals surface area contributed by atoms with Gasteiger partial charge in [0.15, 0.2) is 0 Å². The minimum Gasteiger partial charge on any atom is -0.493 e. The Balaban J connectivity index is 2.22. The molecule has 104 valence electrons. The van der Waals surface area contributed by atoms with E-state index in [1.165, 1.54) is 11.9 Å². The number of ether oxygens (including phenoxy) is 1. The first kappa shape index (κ1) is 13.4. The third-order valence-electron chi connectivity index (χ3n) is 3.60. The van der Waals surface area contributed by atoms with E-state index in [4.69, 9.17) is 16.3 Å². The van der Waals surface area contributed by atoms with Crippen LogP contribution in [0.15, 0.2) is 24.5 Å². The van der Waals surface area contributed by atoms with Gasteiger partial charge in [-0.3, -0.25) is 0 Å². The molecule has 1 aliphatic rings. The van der Waals surface area contributed by atoms with Crippen molar-refractivity contribution >= 4 is 11.6 Å². The van der Waals surface area contributed by atoms with Crippen molar-refractivity contribution in [2.45, 2.75) is 32.6 Å². The zero-order valence-electron chi connectivity index (χ0n) is 11.7. The summed E-state index contributed by atoms with van der Waals surface area (Å²) in [7, 11) is 0. The molecule has 4 heteroatoms. The van der Waals surface area contributed by atoms with Crippen molar-refractivity contribution in [3.05, 3.63) is 40.8 Å². The SMILES string of the molecule is CC(C)c1c(Cl)ncnc1-c1cccc2c1OCCC2. The minimum atomic E-state index is 0.262. The normalized spacial score (nSPS) is 14.0. The zero-order valence-corrected chi connectivity index (χ0v) is 12.4. The van der Waals surface area contributed by atoms with Gasteiger partial charge in [-0.2, -0.15) is 0 Å². The highest BCUT2D eigenvalue weighted by Gasteiger charge is 2.21. The van der Waals surface area contributed by atoms with Crippen molar-refractivity contribution in [1.29, 1.82) is 0 Å². The van der Waals surface area contributed by atoms with Crippen LogP contribution < -0.4 is 4.74 Å². The van der Waals surface area contributed by atoms with E-state index in [9.17, 15) is 0 Å². The van der Waals surface area contributed by atoms with Gasteiger partial charge in [-0.25, -0.2) is 9.97 Å². The van der Waals surface area contributed by atoms with E-state index in [2.05, 4.69) is 42.0 Å². The topological polar surface area (TPSA) is 35.0 Å². The number of hydrogen-bond acceptors (Lipinski definition) is 3. The highest BCUT2D eigenvalue weighted by Crippen LogP contribution is 2.39. The predicted octanol–water partition coefficient (Wildman–Crippen LogP) is 4.25. The van der Waals surface area contributed by atoms with E-state index in [-0.39, 0.29) is 5.92 Å². The molecule has 0 saturated carbocycles.